The first-order valence-electron chi connectivity index (χ1n) is 8.42. The van der Waals surface area contributed by atoms with Crippen LogP contribution >= 0.6 is 0 Å². The second-order valence-corrected chi connectivity index (χ2v) is 5.83. The highest BCUT2D eigenvalue weighted by molar-refractivity contribution is 6.09. The first-order valence-corrected chi connectivity index (χ1v) is 8.42. The molecule has 3 rings (SSSR count). The van der Waals surface area contributed by atoms with Crippen molar-refractivity contribution in [1.82, 2.24) is 0 Å². The van der Waals surface area contributed by atoms with Crippen molar-refractivity contribution in [1.29, 1.82) is 5.26 Å². The second-order valence-electron chi connectivity index (χ2n) is 5.83. The van der Waals surface area contributed by atoms with Crippen LogP contribution in [0.2, 0.25) is 0 Å². The summed E-state index contributed by atoms with van der Waals surface area (Å²) in [6.07, 6.45) is 1.27. The van der Waals surface area contributed by atoms with E-state index in [2.05, 4.69) is 5.32 Å². The first-order chi connectivity index (χ1) is 14.0. The van der Waals surface area contributed by atoms with Crippen LogP contribution < -0.4 is 10.1 Å². The van der Waals surface area contributed by atoms with E-state index in [1.54, 1.807) is 36.4 Å². The zero-order valence-corrected chi connectivity index (χ0v) is 15.3. The monoisotopic (exact) mass is 389 g/mol. The second kappa shape index (κ2) is 8.54. The molecule has 0 aliphatic rings. The van der Waals surface area contributed by atoms with Crippen molar-refractivity contribution in [2.24, 2.45) is 0 Å². The molecule has 1 amide bonds. The minimum Gasteiger partial charge on any atom is -0.497 e. The number of carbonyl (C=O) groups excluding carboxylic acids is 1. The van der Waals surface area contributed by atoms with Gasteiger partial charge < -0.3 is 14.5 Å². The van der Waals surface area contributed by atoms with Crippen LogP contribution in [-0.2, 0) is 4.79 Å². The molecule has 0 spiro atoms. The largest absolute Gasteiger partial charge is 0.497 e. The highest BCUT2D eigenvalue weighted by Gasteiger charge is 2.19. The Kier molecular flexibility index (Phi) is 5.71. The van der Waals surface area contributed by atoms with Crippen LogP contribution in [0.5, 0.6) is 5.75 Å². The summed E-state index contributed by atoms with van der Waals surface area (Å²) in [7, 11) is 1.42. The molecule has 0 radical (unpaired) electrons. The van der Waals surface area contributed by atoms with E-state index in [1.165, 1.54) is 37.5 Å². The van der Waals surface area contributed by atoms with Gasteiger partial charge in [0.2, 0.25) is 0 Å². The van der Waals surface area contributed by atoms with Crippen LogP contribution in [0.4, 0.5) is 11.4 Å². The molecule has 0 saturated carbocycles. The molecule has 3 aromatic rings. The van der Waals surface area contributed by atoms with Crippen molar-refractivity contribution in [3.05, 3.63) is 82.1 Å². The van der Waals surface area contributed by atoms with Gasteiger partial charge >= 0.3 is 0 Å². The van der Waals surface area contributed by atoms with Crippen molar-refractivity contribution in [3.63, 3.8) is 0 Å². The molecule has 8 nitrogen and oxygen atoms in total. The molecule has 144 valence electrons. The number of rotatable bonds is 6. The van der Waals surface area contributed by atoms with Crippen molar-refractivity contribution >= 4 is 23.4 Å². The van der Waals surface area contributed by atoms with Crippen molar-refractivity contribution in [3.8, 4) is 23.1 Å². The SMILES string of the molecule is COc1ccc(-c2ccc(/C=C(\C#N)C(=O)Nc3ccccc3)o2)c([N+](=O)[O-])c1. The molecule has 1 aromatic heterocycles. The van der Waals surface area contributed by atoms with Crippen molar-refractivity contribution in [2.75, 3.05) is 12.4 Å². The summed E-state index contributed by atoms with van der Waals surface area (Å²) >= 11 is 0. The quantitative estimate of drug-likeness (QED) is 0.289. The first kappa shape index (κ1) is 19.4. The third-order valence-corrected chi connectivity index (χ3v) is 3.98. The molecule has 0 unspecified atom stereocenters. The maximum atomic E-state index is 12.3. The van der Waals surface area contributed by atoms with E-state index in [-0.39, 0.29) is 28.3 Å². The number of para-hydroxylation sites is 1. The number of nitrogens with zero attached hydrogens (tertiary/aromatic N) is 2. The molecular formula is C21H15N3O5. The number of nitro groups is 1. The number of benzene rings is 2. The summed E-state index contributed by atoms with van der Waals surface area (Å²) in [6.45, 7) is 0. The van der Waals surface area contributed by atoms with E-state index in [1.807, 2.05) is 6.07 Å². The summed E-state index contributed by atoms with van der Waals surface area (Å²) in [4.78, 5) is 23.1. The van der Waals surface area contributed by atoms with Gasteiger partial charge in [-0.3, -0.25) is 14.9 Å². The lowest BCUT2D eigenvalue weighted by Gasteiger charge is -2.04. The summed E-state index contributed by atoms with van der Waals surface area (Å²) in [5.74, 6) is 0.194. The maximum absolute atomic E-state index is 12.3. The molecule has 0 fully saturated rings. The van der Waals surface area contributed by atoms with Gasteiger partial charge in [0.15, 0.2) is 0 Å². The average Bonchev–Trinajstić information content (AvgIpc) is 3.20. The Morgan fingerprint density at radius 3 is 2.62 bits per heavy atom. The lowest BCUT2D eigenvalue weighted by Crippen LogP contribution is -2.13. The van der Waals surface area contributed by atoms with Crippen LogP contribution in [0, 0.1) is 21.4 Å². The molecule has 1 heterocycles. The normalized spacial score (nSPS) is 10.8. The number of hydrogen-bond acceptors (Lipinski definition) is 6. The maximum Gasteiger partial charge on any atom is 0.284 e. The van der Waals surface area contributed by atoms with Gasteiger partial charge in [0.05, 0.1) is 23.7 Å². The standard InChI is InChI=1S/C21H15N3O5/c1-28-16-7-9-18(19(12-16)24(26)27)20-10-8-17(29-20)11-14(13-22)21(25)23-15-5-3-2-4-6-15/h2-12H,1H3,(H,23,25)/b14-11+. The average molecular weight is 389 g/mol. The number of nitrogens with one attached hydrogen (secondary N) is 1. The van der Waals surface area contributed by atoms with Gasteiger partial charge in [0, 0.05) is 11.8 Å². The zero-order chi connectivity index (χ0) is 20.8. The van der Waals surface area contributed by atoms with Gasteiger partial charge in [0.25, 0.3) is 11.6 Å². The molecule has 0 aliphatic heterocycles. The number of amides is 1. The highest BCUT2D eigenvalue weighted by Crippen LogP contribution is 2.34. The molecule has 0 saturated heterocycles. The van der Waals surface area contributed by atoms with E-state index in [0.29, 0.717) is 11.4 Å². The molecular weight excluding hydrogens is 374 g/mol. The fourth-order valence-electron chi connectivity index (χ4n) is 2.58. The van der Waals surface area contributed by atoms with Crippen LogP contribution in [0.15, 0.2) is 70.7 Å². The van der Waals surface area contributed by atoms with E-state index >= 15 is 0 Å². The Bertz CT molecular complexity index is 1130. The Morgan fingerprint density at radius 2 is 1.97 bits per heavy atom. The molecule has 1 N–H and O–H groups in total. The Labute approximate surface area is 165 Å². The molecule has 29 heavy (non-hydrogen) atoms. The summed E-state index contributed by atoms with van der Waals surface area (Å²) in [5, 5.41) is 23.3. The predicted octanol–water partition coefficient (Wildman–Crippen LogP) is 4.41. The number of nitro benzene ring substituents is 1. The smallest absolute Gasteiger partial charge is 0.284 e. The Balaban J connectivity index is 1.88. The van der Waals surface area contributed by atoms with Crippen LogP contribution in [0.25, 0.3) is 17.4 Å². The lowest BCUT2D eigenvalue weighted by molar-refractivity contribution is -0.384. The third kappa shape index (κ3) is 4.48. The minimum atomic E-state index is -0.591. The third-order valence-electron chi connectivity index (χ3n) is 3.98. The molecule has 8 heteroatoms. The topological polar surface area (TPSA) is 118 Å². The lowest BCUT2D eigenvalue weighted by atomic mass is 10.1. The van der Waals surface area contributed by atoms with Crippen molar-refractivity contribution < 1.29 is 18.9 Å². The van der Waals surface area contributed by atoms with Gasteiger partial charge in [-0.15, -0.1) is 0 Å². The number of carbonyl (C=O) groups is 1. The van der Waals surface area contributed by atoms with Crippen LogP contribution in [0.3, 0.4) is 0 Å². The fourth-order valence-corrected chi connectivity index (χ4v) is 2.58. The molecule has 0 aliphatic carbocycles. The number of anilines is 1. The number of methoxy groups -OCH3 is 1. The van der Waals surface area contributed by atoms with Gasteiger partial charge in [-0.05, 0) is 36.4 Å². The van der Waals surface area contributed by atoms with E-state index in [4.69, 9.17) is 9.15 Å². The van der Waals surface area contributed by atoms with E-state index < -0.39 is 10.8 Å². The minimum absolute atomic E-state index is 0.168. The van der Waals surface area contributed by atoms with Gasteiger partial charge in [-0.25, -0.2) is 0 Å². The van der Waals surface area contributed by atoms with Crippen LogP contribution in [0.1, 0.15) is 5.76 Å². The molecule has 0 bridgehead atoms. The summed E-state index contributed by atoms with van der Waals surface area (Å²) in [6, 6.07) is 18.0. The molecule has 0 atom stereocenters. The van der Waals surface area contributed by atoms with Gasteiger partial charge in [-0.2, -0.15) is 5.26 Å². The number of nitriles is 1. The molecule has 2 aromatic carbocycles. The van der Waals surface area contributed by atoms with Gasteiger partial charge in [0.1, 0.15) is 28.9 Å². The van der Waals surface area contributed by atoms with E-state index in [0.717, 1.165) is 0 Å². The zero-order valence-electron chi connectivity index (χ0n) is 15.3. The van der Waals surface area contributed by atoms with Gasteiger partial charge in [-0.1, -0.05) is 18.2 Å². The van der Waals surface area contributed by atoms with Crippen molar-refractivity contribution in [2.45, 2.75) is 0 Å². The Morgan fingerprint density at radius 1 is 1.21 bits per heavy atom. The summed E-state index contributed by atoms with van der Waals surface area (Å²) in [5.41, 5.74) is 0.450. The Hall–Kier alpha value is -4.38. The van der Waals surface area contributed by atoms with E-state index in [9.17, 15) is 20.2 Å². The highest BCUT2D eigenvalue weighted by atomic mass is 16.6. The number of hydrogen-bond donors (Lipinski definition) is 1. The predicted molar refractivity (Wildman–Crippen MR) is 106 cm³/mol. The number of ether oxygens (including phenoxy) is 1. The summed E-state index contributed by atoms with van der Waals surface area (Å²) < 4.78 is 10.6. The fraction of sp³-hybridized carbons (Fsp3) is 0.0476. The number of furan rings is 1. The van der Waals surface area contributed by atoms with Crippen LogP contribution in [-0.4, -0.2) is 17.9 Å².